The van der Waals surface area contributed by atoms with E-state index in [0.717, 1.165) is 6.07 Å². The van der Waals surface area contributed by atoms with Crippen molar-refractivity contribution in [2.45, 2.75) is 12.2 Å². The van der Waals surface area contributed by atoms with Crippen LogP contribution in [-0.4, -0.2) is 25.5 Å². The van der Waals surface area contributed by atoms with E-state index in [4.69, 9.17) is 15.2 Å². The Balaban J connectivity index is 0.00000289. The van der Waals surface area contributed by atoms with Crippen LogP contribution in [0, 0.1) is 0 Å². The lowest BCUT2D eigenvalue weighted by Crippen LogP contribution is -2.29. The lowest BCUT2D eigenvalue weighted by Gasteiger charge is -2.20. The van der Waals surface area contributed by atoms with Gasteiger partial charge in [0.2, 0.25) is 0 Å². The van der Waals surface area contributed by atoms with Crippen LogP contribution in [0.1, 0.15) is 11.6 Å². The number of aromatic hydroxyl groups is 1. The van der Waals surface area contributed by atoms with Gasteiger partial charge in [0.15, 0.2) is 0 Å². The molecule has 0 amide bonds. The molecule has 0 bridgehead atoms. The van der Waals surface area contributed by atoms with Gasteiger partial charge in [-0.3, -0.25) is 0 Å². The molecule has 0 aliphatic rings. The third-order valence-corrected chi connectivity index (χ3v) is 2.21. The smallest absolute Gasteiger partial charge is 0.407 e. The van der Waals surface area contributed by atoms with Gasteiger partial charge in [-0.2, -0.15) is 13.2 Å². The Hall–Kier alpha value is -1.34. The third-order valence-electron chi connectivity index (χ3n) is 2.21. The van der Waals surface area contributed by atoms with Crippen molar-refractivity contribution in [1.82, 2.24) is 0 Å². The Kier molecular flexibility index (Phi) is 5.56. The summed E-state index contributed by atoms with van der Waals surface area (Å²) in [6.07, 6.45) is -4.67. The predicted octanol–water partition coefficient (Wildman–Crippen LogP) is 2.39. The first-order chi connectivity index (χ1) is 7.81. The number of hydrogen-bond acceptors (Lipinski definition) is 4. The van der Waals surface area contributed by atoms with Crippen molar-refractivity contribution < 1.29 is 27.8 Å². The van der Waals surface area contributed by atoms with E-state index in [9.17, 15) is 18.3 Å². The largest absolute Gasteiger partial charge is 0.507 e. The van der Waals surface area contributed by atoms with Gasteiger partial charge in [0.1, 0.15) is 23.3 Å². The fourth-order valence-electron chi connectivity index (χ4n) is 1.35. The van der Waals surface area contributed by atoms with Gasteiger partial charge in [0.25, 0.3) is 0 Å². The van der Waals surface area contributed by atoms with Gasteiger partial charge in [-0.1, -0.05) is 0 Å². The normalized spacial score (nSPS) is 12.6. The van der Waals surface area contributed by atoms with Crippen LogP contribution >= 0.6 is 12.4 Å². The summed E-state index contributed by atoms with van der Waals surface area (Å²) >= 11 is 0. The van der Waals surface area contributed by atoms with Gasteiger partial charge in [-0.15, -0.1) is 12.4 Å². The van der Waals surface area contributed by atoms with Gasteiger partial charge in [0.05, 0.1) is 19.8 Å². The molecule has 0 aromatic heterocycles. The van der Waals surface area contributed by atoms with Gasteiger partial charge in [-0.05, 0) is 0 Å². The monoisotopic (exact) mass is 287 g/mol. The van der Waals surface area contributed by atoms with E-state index in [-0.39, 0.29) is 23.9 Å². The van der Waals surface area contributed by atoms with E-state index in [2.05, 4.69) is 0 Å². The minimum atomic E-state index is -4.67. The predicted molar refractivity (Wildman–Crippen MR) is 61.4 cm³/mol. The minimum absolute atomic E-state index is 0. The van der Waals surface area contributed by atoms with Crippen LogP contribution in [0.25, 0.3) is 0 Å². The van der Waals surface area contributed by atoms with Gasteiger partial charge in [0, 0.05) is 12.1 Å². The van der Waals surface area contributed by atoms with Crippen molar-refractivity contribution in [1.29, 1.82) is 0 Å². The summed E-state index contributed by atoms with van der Waals surface area (Å²) in [5, 5.41) is 9.53. The van der Waals surface area contributed by atoms with Crippen molar-refractivity contribution in [2.75, 3.05) is 14.2 Å². The zero-order valence-electron chi connectivity index (χ0n) is 9.62. The SMILES string of the molecule is COc1cc(O)c([C@@H](N)C(F)(F)F)c(OC)c1.Cl. The van der Waals surface area contributed by atoms with Crippen LogP contribution in [0.3, 0.4) is 0 Å². The molecule has 1 atom stereocenters. The van der Waals surface area contributed by atoms with Crippen molar-refractivity contribution in [3.05, 3.63) is 17.7 Å². The summed E-state index contributed by atoms with van der Waals surface area (Å²) in [5.74, 6) is -0.616. The number of methoxy groups -OCH3 is 2. The summed E-state index contributed by atoms with van der Waals surface area (Å²) in [6.45, 7) is 0. The fourth-order valence-corrected chi connectivity index (χ4v) is 1.35. The van der Waals surface area contributed by atoms with E-state index in [1.807, 2.05) is 0 Å². The molecule has 18 heavy (non-hydrogen) atoms. The van der Waals surface area contributed by atoms with Gasteiger partial charge < -0.3 is 20.3 Å². The van der Waals surface area contributed by atoms with Crippen LogP contribution in [-0.2, 0) is 0 Å². The first-order valence-corrected chi connectivity index (χ1v) is 4.58. The first-order valence-electron chi connectivity index (χ1n) is 4.58. The standard InChI is InChI=1S/C10H12F3NO3.ClH/c1-16-5-3-6(15)8(7(4-5)17-2)9(14)10(11,12)13;/h3-4,9,15H,14H2,1-2H3;1H/t9-;/m1./s1. The number of phenols is 1. The molecule has 1 rings (SSSR count). The number of alkyl halides is 3. The van der Waals surface area contributed by atoms with Crippen molar-refractivity contribution in [3.63, 3.8) is 0 Å². The second-order valence-corrected chi connectivity index (χ2v) is 3.28. The fraction of sp³-hybridized carbons (Fsp3) is 0.400. The number of nitrogens with two attached hydrogens (primary N) is 1. The maximum absolute atomic E-state index is 12.5. The second-order valence-electron chi connectivity index (χ2n) is 3.28. The summed E-state index contributed by atoms with van der Waals surface area (Å²) < 4.78 is 47.0. The van der Waals surface area contributed by atoms with E-state index in [1.54, 1.807) is 0 Å². The lowest BCUT2D eigenvalue weighted by molar-refractivity contribution is -0.149. The Morgan fingerprint density at radius 1 is 1.22 bits per heavy atom. The highest BCUT2D eigenvalue weighted by Crippen LogP contribution is 2.42. The highest BCUT2D eigenvalue weighted by atomic mass is 35.5. The third kappa shape index (κ3) is 3.33. The second kappa shape index (κ2) is 6.01. The van der Waals surface area contributed by atoms with Crippen molar-refractivity contribution >= 4 is 12.4 Å². The molecule has 0 aliphatic carbocycles. The van der Waals surface area contributed by atoms with Gasteiger partial charge >= 0.3 is 6.18 Å². The van der Waals surface area contributed by atoms with E-state index >= 15 is 0 Å². The number of rotatable bonds is 3. The number of benzene rings is 1. The van der Waals surface area contributed by atoms with Crippen LogP contribution < -0.4 is 15.2 Å². The number of halogens is 4. The molecule has 1 aromatic carbocycles. The first kappa shape index (κ1) is 16.7. The Morgan fingerprint density at radius 3 is 2.17 bits per heavy atom. The zero-order valence-corrected chi connectivity index (χ0v) is 10.4. The Morgan fingerprint density at radius 2 is 1.78 bits per heavy atom. The molecule has 0 saturated heterocycles. The zero-order chi connectivity index (χ0) is 13.2. The molecule has 104 valence electrons. The highest BCUT2D eigenvalue weighted by molar-refractivity contribution is 5.85. The average Bonchev–Trinajstić information content (AvgIpc) is 2.25. The van der Waals surface area contributed by atoms with Crippen LogP contribution in [0.5, 0.6) is 17.2 Å². The van der Waals surface area contributed by atoms with E-state index in [0.29, 0.717) is 0 Å². The molecular formula is C10H13ClF3NO3. The molecule has 0 spiro atoms. The average molecular weight is 288 g/mol. The molecule has 8 heteroatoms. The summed E-state index contributed by atoms with van der Waals surface area (Å²) in [5.41, 5.74) is 4.52. The molecule has 0 saturated carbocycles. The van der Waals surface area contributed by atoms with E-state index < -0.39 is 23.5 Å². The molecular weight excluding hydrogens is 275 g/mol. The molecule has 0 heterocycles. The quantitative estimate of drug-likeness (QED) is 0.896. The molecule has 0 fully saturated rings. The molecule has 0 aliphatic heterocycles. The van der Waals surface area contributed by atoms with Crippen molar-refractivity contribution in [2.24, 2.45) is 5.73 Å². The van der Waals surface area contributed by atoms with Crippen LogP contribution in [0.4, 0.5) is 13.2 Å². The highest BCUT2D eigenvalue weighted by Gasteiger charge is 2.41. The Bertz CT molecular complexity index is 412. The molecule has 0 radical (unpaired) electrons. The minimum Gasteiger partial charge on any atom is -0.507 e. The van der Waals surface area contributed by atoms with Crippen LogP contribution in [0.15, 0.2) is 12.1 Å². The van der Waals surface area contributed by atoms with Crippen molar-refractivity contribution in [3.8, 4) is 17.2 Å². The number of phenolic OH excluding ortho intramolecular Hbond substituents is 1. The van der Waals surface area contributed by atoms with Crippen LogP contribution in [0.2, 0.25) is 0 Å². The summed E-state index contributed by atoms with van der Waals surface area (Å²) in [7, 11) is 2.50. The topological polar surface area (TPSA) is 64.7 Å². The maximum Gasteiger partial charge on any atom is 0.407 e. The summed E-state index contributed by atoms with van der Waals surface area (Å²) in [4.78, 5) is 0. The number of hydrogen-bond donors (Lipinski definition) is 2. The lowest BCUT2D eigenvalue weighted by atomic mass is 10.0. The molecule has 0 unspecified atom stereocenters. The Labute approximate surface area is 108 Å². The molecule has 4 nitrogen and oxygen atoms in total. The number of ether oxygens (including phenoxy) is 2. The van der Waals surface area contributed by atoms with Gasteiger partial charge in [-0.25, -0.2) is 0 Å². The maximum atomic E-state index is 12.5. The molecule has 3 N–H and O–H groups in total. The summed E-state index contributed by atoms with van der Waals surface area (Å²) in [6, 6.07) is -0.0484. The van der Waals surface area contributed by atoms with E-state index in [1.165, 1.54) is 20.3 Å². The molecule has 1 aromatic rings.